The molecule has 4 atom stereocenters. The van der Waals surface area contributed by atoms with Crippen LogP contribution in [0.1, 0.15) is 39.0 Å². The van der Waals surface area contributed by atoms with Gasteiger partial charge in [0, 0.05) is 13.1 Å². The summed E-state index contributed by atoms with van der Waals surface area (Å²) in [5.74, 6) is 1.85. The Morgan fingerprint density at radius 1 is 1.43 bits per heavy atom. The summed E-state index contributed by atoms with van der Waals surface area (Å²) < 4.78 is 6.36. The van der Waals surface area contributed by atoms with Crippen molar-refractivity contribution in [2.24, 2.45) is 11.8 Å². The van der Waals surface area contributed by atoms with Crippen molar-refractivity contribution in [3.8, 4) is 0 Å². The quantitative estimate of drug-likeness (QED) is 0.690. The van der Waals surface area contributed by atoms with Gasteiger partial charge in [-0.3, -0.25) is 0 Å². The SMILES string of the molecule is CCC1CNCC2(CC3CCC2C3)O1. The highest BCUT2D eigenvalue weighted by molar-refractivity contribution is 5.05. The van der Waals surface area contributed by atoms with E-state index in [-0.39, 0.29) is 5.60 Å². The zero-order valence-electron chi connectivity index (χ0n) is 9.09. The van der Waals surface area contributed by atoms with Crippen molar-refractivity contribution in [3.05, 3.63) is 0 Å². The molecule has 3 fully saturated rings. The van der Waals surface area contributed by atoms with Crippen LogP contribution in [0, 0.1) is 11.8 Å². The predicted octanol–water partition coefficient (Wildman–Crippen LogP) is 1.94. The van der Waals surface area contributed by atoms with Crippen LogP contribution in [-0.4, -0.2) is 24.8 Å². The second-order valence-corrected chi connectivity index (χ2v) is 5.42. The number of rotatable bonds is 1. The largest absolute Gasteiger partial charge is 0.369 e. The van der Waals surface area contributed by atoms with E-state index in [2.05, 4.69) is 12.2 Å². The molecule has 1 spiro atoms. The van der Waals surface area contributed by atoms with Gasteiger partial charge in [-0.05, 0) is 43.9 Å². The molecule has 14 heavy (non-hydrogen) atoms. The van der Waals surface area contributed by atoms with Gasteiger partial charge in [-0.2, -0.15) is 0 Å². The van der Waals surface area contributed by atoms with Crippen LogP contribution in [0.4, 0.5) is 0 Å². The number of ether oxygens (including phenoxy) is 1. The summed E-state index contributed by atoms with van der Waals surface area (Å²) in [5, 5.41) is 3.58. The zero-order chi connectivity index (χ0) is 9.60. The second-order valence-electron chi connectivity index (χ2n) is 5.42. The van der Waals surface area contributed by atoms with E-state index in [0.29, 0.717) is 6.10 Å². The lowest BCUT2D eigenvalue weighted by molar-refractivity contribution is -0.144. The minimum atomic E-state index is 0.252. The monoisotopic (exact) mass is 195 g/mol. The number of hydrogen-bond acceptors (Lipinski definition) is 2. The highest BCUT2D eigenvalue weighted by atomic mass is 16.5. The fraction of sp³-hybridized carbons (Fsp3) is 1.00. The van der Waals surface area contributed by atoms with Gasteiger partial charge in [0.15, 0.2) is 0 Å². The van der Waals surface area contributed by atoms with Crippen LogP contribution in [0.3, 0.4) is 0 Å². The molecule has 0 aromatic heterocycles. The first-order chi connectivity index (χ1) is 6.82. The molecule has 4 unspecified atom stereocenters. The van der Waals surface area contributed by atoms with E-state index in [1.165, 1.54) is 25.7 Å². The van der Waals surface area contributed by atoms with E-state index in [1.54, 1.807) is 0 Å². The normalized spacial score (nSPS) is 51.6. The van der Waals surface area contributed by atoms with Crippen molar-refractivity contribution < 1.29 is 4.74 Å². The molecule has 2 heteroatoms. The zero-order valence-corrected chi connectivity index (χ0v) is 9.09. The lowest BCUT2D eigenvalue weighted by atomic mass is 9.82. The molecular formula is C12H21NO. The van der Waals surface area contributed by atoms with Gasteiger partial charge in [-0.15, -0.1) is 0 Å². The number of hydrogen-bond donors (Lipinski definition) is 1. The lowest BCUT2D eigenvalue weighted by Crippen LogP contribution is -2.56. The van der Waals surface area contributed by atoms with Gasteiger partial charge in [0.2, 0.25) is 0 Å². The van der Waals surface area contributed by atoms with Crippen LogP contribution >= 0.6 is 0 Å². The smallest absolute Gasteiger partial charge is 0.0841 e. The molecule has 1 aliphatic heterocycles. The summed E-state index contributed by atoms with van der Waals surface area (Å²) in [5.41, 5.74) is 0.252. The molecule has 1 N–H and O–H groups in total. The summed E-state index contributed by atoms with van der Waals surface area (Å²) in [4.78, 5) is 0. The Balaban J connectivity index is 1.76. The molecule has 0 aromatic rings. The van der Waals surface area contributed by atoms with Crippen molar-refractivity contribution in [2.75, 3.05) is 13.1 Å². The highest BCUT2D eigenvalue weighted by Crippen LogP contribution is 2.53. The summed E-state index contributed by atoms with van der Waals surface area (Å²) in [7, 11) is 0. The van der Waals surface area contributed by atoms with Gasteiger partial charge >= 0.3 is 0 Å². The standard InChI is InChI=1S/C12H21NO/c1-2-11-7-13-8-12(14-11)6-9-3-4-10(12)5-9/h9-11,13H,2-8H2,1H3. The average molecular weight is 195 g/mol. The molecule has 2 nitrogen and oxygen atoms in total. The first-order valence-corrected chi connectivity index (χ1v) is 6.21. The molecule has 80 valence electrons. The third-order valence-corrected chi connectivity index (χ3v) is 4.57. The number of morpholine rings is 1. The minimum absolute atomic E-state index is 0.252. The van der Waals surface area contributed by atoms with Crippen LogP contribution in [0.5, 0.6) is 0 Å². The maximum absolute atomic E-state index is 6.36. The van der Waals surface area contributed by atoms with Crippen LogP contribution in [0.2, 0.25) is 0 Å². The van der Waals surface area contributed by atoms with Gasteiger partial charge in [0.25, 0.3) is 0 Å². The molecule has 2 saturated carbocycles. The third-order valence-electron chi connectivity index (χ3n) is 4.57. The van der Waals surface area contributed by atoms with Crippen molar-refractivity contribution in [1.82, 2.24) is 5.32 Å². The molecule has 0 amide bonds. The fourth-order valence-corrected chi connectivity index (χ4v) is 3.84. The van der Waals surface area contributed by atoms with Gasteiger partial charge in [0.05, 0.1) is 11.7 Å². The number of fused-ring (bicyclic) bond motifs is 3. The van der Waals surface area contributed by atoms with Gasteiger partial charge < -0.3 is 10.1 Å². The Morgan fingerprint density at radius 3 is 3.00 bits per heavy atom. The van der Waals surface area contributed by atoms with Crippen molar-refractivity contribution >= 4 is 0 Å². The van der Waals surface area contributed by atoms with E-state index >= 15 is 0 Å². The van der Waals surface area contributed by atoms with E-state index in [1.807, 2.05) is 0 Å². The number of nitrogens with one attached hydrogen (secondary N) is 1. The van der Waals surface area contributed by atoms with E-state index in [4.69, 9.17) is 4.74 Å². The Bertz CT molecular complexity index is 230. The second kappa shape index (κ2) is 3.21. The molecule has 3 rings (SSSR count). The fourth-order valence-electron chi connectivity index (χ4n) is 3.84. The van der Waals surface area contributed by atoms with Crippen molar-refractivity contribution in [2.45, 2.75) is 50.7 Å². The Hall–Kier alpha value is -0.0800. The third kappa shape index (κ3) is 1.24. The molecule has 1 saturated heterocycles. The molecule has 0 aromatic carbocycles. The van der Waals surface area contributed by atoms with E-state index in [0.717, 1.165) is 31.3 Å². The van der Waals surface area contributed by atoms with Crippen LogP contribution < -0.4 is 5.32 Å². The Labute approximate surface area is 86.4 Å². The van der Waals surface area contributed by atoms with Crippen molar-refractivity contribution in [1.29, 1.82) is 0 Å². The average Bonchev–Trinajstić information content (AvgIpc) is 2.78. The highest BCUT2D eigenvalue weighted by Gasteiger charge is 2.53. The topological polar surface area (TPSA) is 21.3 Å². The summed E-state index contributed by atoms with van der Waals surface area (Å²) >= 11 is 0. The Morgan fingerprint density at radius 2 is 2.36 bits per heavy atom. The molecular weight excluding hydrogens is 174 g/mol. The Kier molecular flexibility index (Phi) is 2.10. The maximum Gasteiger partial charge on any atom is 0.0841 e. The van der Waals surface area contributed by atoms with Gasteiger partial charge in [0.1, 0.15) is 0 Å². The van der Waals surface area contributed by atoms with E-state index < -0.39 is 0 Å². The predicted molar refractivity (Wildman–Crippen MR) is 56.2 cm³/mol. The van der Waals surface area contributed by atoms with Crippen LogP contribution in [0.15, 0.2) is 0 Å². The first kappa shape index (κ1) is 9.17. The van der Waals surface area contributed by atoms with Crippen molar-refractivity contribution in [3.63, 3.8) is 0 Å². The van der Waals surface area contributed by atoms with Gasteiger partial charge in [-0.1, -0.05) is 6.92 Å². The lowest BCUT2D eigenvalue weighted by Gasteiger charge is -2.44. The molecule has 2 bridgehead atoms. The summed E-state index contributed by atoms with van der Waals surface area (Å²) in [6.07, 6.45) is 7.30. The summed E-state index contributed by atoms with van der Waals surface area (Å²) in [6.45, 7) is 4.42. The molecule has 0 radical (unpaired) electrons. The molecule has 1 heterocycles. The van der Waals surface area contributed by atoms with Gasteiger partial charge in [-0.25, -0.2) is 0 Å². The van der Waals surface area contributed by atoms with E-state index in [9.17, 15) is 0 Å². The molecule has 3 aliphatic rings. The summed E-state index contributed by atoms with van der Waals surface area (Å²) in [6, 6.07) is 0. The minimum Gasteiger partial charge on any atom is -0.369 e. The maximum atomic E-state index is 6.36. The van der Waals surface area contributed by atoms with Crippen LogP contribution in [-0.2, 0) is 4.74 Å². The first-order valence-electron chi connectivity index (χ1n) is 6.21. The molecule has 2 aliphatic carbocycles. The van der Waals surface area contributed by atoms with Crippen LogP contribution in [0.25, 0.3) is 0 Å².